The van der Waals surface area contributed by atoms with E-state index in [1.165, 1.54) is 68.8 Å². The summed E-state index contributed by atoms with van der Waals surface area (Å²) < 4.78 is 0.885. The van der Waals surface area contributed by atoms with Crippen LogP contribution in [0.2, 0.25) is 4.34 Å². The van der Waals surface area contributed by atoms with Gasteiger partial charge in [-0.05, 0) is 94.7 Å². The molecule has 4 nitrogen and oxygen atoms in total. The largest absolute Gasteiger partial charge is 0.306 e. The van der Waals surface area contributed by atoms with Crippen molar-refractivity contribution in [1.29, 1.82) is 0 Å². The highest BCUT2D eigenvalue weighted by atomic mass is 35.5. The lowest BCUT2D eigenvalue weighted by Crippen LogP contribution is -2.47. The molecule has 4 rings (SSSR count). The molecule has 0 aliphatic carbocycles. The summed E-state index contributed by atoms with van der Waals surface area (Å²) >= 11 is 7.89. The Labute approximate surface area is 184 Å². The number of rotatable bonds is 7. The molecule has 2 aromatic rings. The molecule has 0 saturated carbocycles. The number of hydrogen-bond donors (Lipinski definition) is 0. The highest BCUT2D eigenvalue weighted by Gasteiger charge is 2.28. The molecule has 0 N–H and O–H groups in total. The molecule has 2 aromatic heterocycles. The molecule has 2 saturated heterocycles. The van der Waals surface area contributed by atoms with Gasteiger partial charge in [-0.2, -0.15) is 0 Å². The van der Waals surface area contributed by atoms with Gasteiger partial charge in [0, 0.05) is 42.9 Å². The maximum absolute atomic E-state index is 6.18. The van der Waals surface area contributed by atoms with Crippen molar-refractivity contribution in [2.75, 3.05) is 39.8 Å². The van der Waals surface area contributed by atoms with E-state index >= 15 is 0 Å². The van der Waals surface area contributed by atoms with E-state index in [1.807, 2.05) is 18.5 Å². The Bertz CT molecular complexity index is 736. The van der Waals surface area contributed by atoms with Crippen LogP contribution in [0.25, 0.3) is 0 Å². The van der Waals surface area contributed by atoms with Gasteiger partial charge in [-0.1, -0.05) is 11.6 Å². The summed E-state index contributed by atoms with van der Waals surface area (Å²) in [5.74, 6) is 0.787. The second kappa shape index (κ2) is 10.4. The van der Waals surface area contributed by atoms with Gasteiger partial charge < -0.3 is 9.80 Å². The molecule has 0 aromatic carbocycles. The summed E-state index contributed by atoms with van der Waals surface area (Å²) in [5, 5.41) is 0. The molecule has 0 amide bonds. The summed E-state index contributed by atoms with van der Waals surface area (Å²) in [6.07, 6.45) is 9.13. The number of nitrogens with zero attached hydrogens (tertiary/aromatic N) is 4. The average molecular weight is 433 g/mol. The van der Waals surface area contributed by atoms with Gasteiger partial charge in [-0.3, -0.25) is 9.88 Å². The number of thiophene rings is 1. The molecular weight excluding hydrogens is 400 g/mol. The molecular formula is C23H33ClN4S. The quantitative estimate of drug-likeness (QED) is 0.637. The number of piperidine rings is 2. The van der Waals surface area contributed by atoms with Crippen molar-refractivity contribution in [3.8, 4) is 0 Å². The maximum atomic E-state index is 6.18. The standard InChI is InChI=1S/C23H33ClN4S/c1-26-12-8-21(9-13-26)28-14-6-20(7-15-28)17-27(16-19-4-10-25-11-5-19)18-22-2-3-23(24)29-22/h2-5,10-11,20-21H,6-9,12-18H2,1H3. The van der Waals surface area contributed by atoms with E-state index < -0.39 is 0 Å². The predicted octanol–water partition coefficient (Wildman–Crippen LogP) is 4.60. The number of aromatic nitrogens is 1. The maximum Gasteiger partial charge on any atom is 0.0931 e. The molecule has 4 heterocycles. The SMILES string of the molecule is CN1CCC(N2CCC(CN(Cc3ccncc3)Cc3ccc(Cl)s3)CC2)CC1. The Hall–Kier alpha value is -0.980. The first kappa shape index (κ1) is 21.3. The van der Waals surface area contributed by atoms with E-state index in [4.69, 9.17) is 11.6 Å². The summed E-state index contributed by atoms with van der Waals surface area (Å²) in [4.78, 5) is 13.4. The molecule has 2 fully saturated rings. The zero-order chi connectivity index (χ0) is 20.1. The van der Waals surface area contributed by atoms with Crippen LogP contribution in [0.1, 0.15) is 36.1 Å². The smallest absolute Gasteiger partial charge is 0.0931 e. The summed E-state index contributed by atoms with van der Waals surface area (Å²) in [6, 6.07) is 9.28. The van der Waals surface area contributed by atoms with Crippen molar-refractivity contribution in [1.82, 2.24) is 19.7 Å². The van der Waals surface area contributed by atoms with Crippen molar-refractivity contribution in [2.45, 2.75) is 44.8 Å². The highest BCUT2D eigenvalue weighted by molar-refractivity contribution is 7.16. The number of halogens is 1. The van der Waals surface area contributed by atoms with Crippen LogP contribution in [0.15, 0.2) is 36.7 Å². The van der Waals surface area contributed by atoms with Gasteiger partial charge in [0.1, 0.15) is 0 Å². The second-order valence-electron chi connectivity index (χ2n) is 8.74. The lowest BCUT2D eigenvalue weighted by atomic mass is 9.93. The monoisotopic (exact) mass is 432 g/mol. The number of pyridine rings is 1. The normalized spacial score (nSPS) is 20.5. The fourth-order valence-corrected chi connectivity index (χ4v) is 5.94. The van der Waals surface area contributed by atoms with Gasteiger partial charge in [0.05, 0.1) is 4.34 Å². The van der Waals surface area contributed by atoms with E-state index in [0.717, 1.165) is 29.4 Å². The molecule has 0 unspecified atom stereocenters. The van der Waals surface area contributed by atoms with Crippen molar-refractivity contribution in [3.63, 3.8) is 0 Å². The lowest BCUT2D eigenvalue weighted by Gasteiger charge is -2.42. The first-order valence-corrected chi connectivity index (χ1v) is 12.1. The minimum Gasteiger partial charge on any atom is -0.306 e. The van der Waals surface area contributed by atoms with Crippen LogP contribution in [-0.4, -0.2) is 65.5 Å². The molecule has 6 heteroatoms. The molecule has 2 aliphatic rings. The van der Waals surface area contributed by atoms with Crippen LogP contribution in [-0.2, 0) is 13.1 Å². The van der Waals surface area contributed by atoms with Crippen LogP contribution in [0, 0.1) is 5.92 Å². The summed E-state index contributed by atoms with van der Waals surface area (Å²) in [7, 11) is 2.25. The predicted molar refractivity (Wildman–Crippen MR) is 122 cm³/mol. The van der Waals surface area contributed by atoms with Crippen LogP contribution < -0.4 is 0 Å². The third kappa shape index (κ3) is 6.25. The minimum atomic E-state index is 0.787. The third-order valence-electron chi connectivity index (χ3n) is 6.53. The Kier molecular flexibility index (Phi) is 7.60. The van der Waals surface area contributed by atoms with Gasteiger partial charge in [-0.15, -0.1) is 11.3 Å². The van der Waals surface area contributed by atoms with Crippen LogP contribution >= 0.6 is 22.9 Å². The van der Waals surface area contributed by atoms with Gasteiger partial charge in [-0.25, -0.2) is 0 Å². The van der Waals surface area contributed by atoms with Crippen molar-refractivity contribution in [3.05, 3.63) is 51.4 Å². The Morgan fingerprint density at radius 2 is 1.72 bits per heavy atom. The van der Waals surface area contributed by atoms with Gasteiger partial charge in [0.15, 0.2) is 0 Å². The Morgan fingerprint density at radius 1 is 1.00 bits per heavy atom. The lowest BCUT2D eigenvalue weighted by molar-refractivity contribution is 0.0730. The van der Waals surface area contributed by atoms with Crippen molar-refractivity contribution >= 4 is 22.9 Å². The van der Waals surface area contributed by atoms with Gasteiger partial charge in [0.25, 0.3) is 0 Å². The third-order valence-corrected chi connectivity index (χ3v) is 7.75. The first-order chi connectivity index (χ1) is 14.2. The molecule has 2 aliphatic heterocycles. The van der Waals surface area contributed by atoms with E-state index in [9.17, 15) is 0 Å². The van der Waals surface area contributed by atoms with E-state index in [-0.39, 0.29) is 0 Å². The summed E-state index contributed by atoms with van der Waals surface area (Å²) in [5.41, 5.74) is 1.34. The molecule has 0 radical (unpaired) electrons. The first-order valence-electron chi connectivity index (χ1n) is 10.9. The zero-order valence-corrected chi connectivity index (χ0v) is 19.0. The average Bonchev–Trinajstić information content (AvgIpc) is 3.14. The topological polar surface area (TPSA) is 22.6 Å². The summed E-state index contributed by atoms with van der Waals surface area (Å²) in [6.45, 7) is 8.18. The van der Waals surface area contributed by atoms with E-state index in [2.05, 4.69) is 44.9 Å². The fraction of sp³-hybridized carbons (Fsp3) is 0.609. The van der Waals surface area contributed by atoms with Crippen LogP contribution in [0.5, 0.6) is 0 Å². The second-order valence-corrected chi connectivity index (χ2v) is 10.5. The van der Waals surface area contributed by atoms with Crippen LogP contribution in [0.4, 0.5) is 0 Å². The van der Waals surface area contributed by atoms with Gasteiger partial charge >= 0.3 is 0 Å². The van der Waals surface area contributed by atoms with Gasteiger partial charge in [0.2, 0.25) is 0 Å². The minimum absolute atomic E-state index is 0.787. The fourth-order valence-electron chi connectivity index (χ4n) is 4.81. The molecule has 29 heavy (non-hydrogen) atoms. The van der Waals surface area contributed by atoms with E-state index in [0.29, 0.717) is 0 Å². The molecule has 0 spiro atoms. The molecule has 158 valence electrons. The Morgan fingerprint density at radius 3 is 2.38 bits per heavy atom. The molecule has 0 atom stereocenters. The van der Waals surface area contributed by atoms with E-state index in [1.54, 1.807) is 11.3 Å². The number of likely N-dealkylation sites (tertiary alicyclic amines) is 2. The Balaban J connectivity index is 1.32. The highest BCUT2D eigenvalue weighted by Crippen LogP contribution is 2.27. The van der Waals surface area contributed by atoms with Crippen LogP contribution in [0.3, 0.4) is 0 Å². The van der Waals surface area contributed by atoms with Crippen molar-refractivity contribution in [2.24, 2.45) is 5.92 Å². The number of hydrogen-bond acceptors (Lipinski definition) is 5. The molecule has 0 bridgehead atoms. The van der Waals surface area contributed by atoms with Crippen molar-refractivity contribution < 1.29 is 0 Å². The zero-order valence-electron chi connectivity index (χ0n) is 17.5.